The van der Waals surface area contributed by atoms with Gasteiger partial charge in [0, 0.05) is 0 Å². The van der Waals surface area contributed by atoms with E-state index < -0.39 is 6.03 Å². The summed E-state index contributed by atoms with van der Waals surface area (Å²) in [6.45, 7) is 1.92. The smallest absolute Gasteiger partial charge is 0.350 e. The van der Waals surface area contributed by atoms with E-state index in [1.165, 1.54) is 13.2 Å². The summed E-state index contributed by atoms with van der Waals surface area (Å²) in [4.78, 5) is 11.7. The molecule has 8 heteroatoms. The number of hydrogen-bond acceptors (Lipinski definition) is 6. The van der Waals surface area contributed by atoms with E-state index in [2.05, 4.69) is 0 Å². The summed E-state index contributed by atoms with van der Waals surface area (Å²) in [5.74, 6) is 12.2. The van der Waals surface area contributed by atoms with Crippen molar-refractivity contribution in [1.29, 1.82) is 0 Å². The lowest BCUT2D eigenvalue weighted by atomic mass is 10.1. The molecule has 8 nitrogen and oxygen atoms in total. The molecule has 0 aromatic heterocycles. The quantitative estimate of drug-likeness (QED) is 0.374. The first-order chi connectivity index (χ1) is 11.5. The molecule has 0 saturated heterocycles. The SMILES string of the molecule is COc1cccc(N(N)C(=O)NN)c1COc1ccc(O)cc1C. The molecule has 0 bridgehead atoms. The zero-order chi connectivity index (χ0) is 17.7. The molecular formula is C16H20N4O4. The second-order valence-corrected chi connectivity index (χ2v) is 5.02. The number of phenolic OH excluding ortho intramolecular Hbond substituents is 1. The fourth-order valence-corrected chi connectivity index (χ4v) is 2.24. The monoisotopic (exact) mass is 332 g/mol. The Bertz CT molecular complexity index is 736. The van der Waals surface area contributed by atoms with E-state index in [0.717, 1.165) is 10.6 Å². The third-order valence-corrected chi connectivity index (χ3v) is 3.46. The van der Waals surface area contributed by atoms with Crippen LogP contribution in [0.2, 0.25) is 0 Å². The maximum atomic E-state index is 11.7. The van der Waals surface area contributed by atoms with Crippen LogP contribution in [0.3, 0.4) is 0 Å². The molecule has 6 N–H and O–H groups in total. The average molecular weight is 332 g/mol. The number of nitrogens with zero attached hydrogens (tertiary/aromatic N) is 1. The minimum absolute atomic E-state index is 0.108. The average Bonchev–Trinajstić information content (AvgIpc) is 2.59. The Morgan fingerprint density at radius 2 is 2.04 bits per heavy atom. The van der Waals surface area contributed by atoms with E-state index in [1.54, 1.807) is 30.3 Å². The number of carbonyl (C=O) groups excluding carboxylic acids is 1. The predicted molar refractivity (Wildman–Crippen MR) is 89.6 cm³/mol. The highest BCUT2D eigenvalue weighted by atomic mass is 16.5. The number of nitrogens with one attached hydrogen (secondary N) is 1. The second kappa shape index (κ2) is 7.53. The van der Waals surface area contributed by atoms with Gasteiger partial charge < -0.3 is 14.6 Å². The highest BCUT2D eigenvalue weighted by Crippen LogP contribution is 2.31. The second-order valence-electron chi connectivity index (χ2n) is 5.02. The summed E-state index contributed by atoms with van der Waals surface area (Å²) in [6, 6.07) is 9.20. The first-order valence-corrected chi connectivity index (χ1v) is 7.11. The van der Waals surface area contributed by atoms with Gasteiger partial charge in [-0.25, -0.2) is 21.5 Å². The van der Waals surface area contributed by atoms with Crippen molar-refractivity contribution >= 4 is 11.7 Å². The Morgan fingerprint density at radius 1 is 1.29 bits per heavy atom. The number of carbonyl (C=O) groups is 1. The van der Waals surface area contributed by atoms with E-state index >= 15 is 0 Å². The minimum Gasteiger partial charge on any atom is -0.508 e. The lowest BCUT2D eigenvalue weighted by molar-refractivity contribution is 0.246. The number of nitrogens with two attached hydrogens (primary N) is 2. The van der Waals surface area contributed by atoms with Gasteiger partial charge in [0.05, 0.1) is 18.4 Å². The van der Waals surface area contributed by atoms with Crippen molar-refractivity contribution in [3.05, 3.63) is 47.5 Å². The van der Waals surface area contributed by atoms with Gasteiger partial charge in [0.2, 0.25) is 0 Å². The van der Waals surface area contributed by atoms with Gasteiger partial charge in [-0.15, -0.1) is 0 Å². The number of hydrogen-bond donors (Lipinski definition) is 4. The number of anilines is 1. The highest BCUT2D eigenvalue weighted by molar-refractivity contribution is 5.91. The van der Waals surface area contributed by atoms with Crippen molar-refractivity contribution in [2.75, 3.05) is 12.1 Å². The van der Waals surface area contributed by atoms with Crippen LogP contribution in [0, 0.1) is 6.92 Å². The summed E-state index contributed by atoms with van der Waals surface area (Å²) in [7, 11) is 1.51. The number of aryl methyl sites for hydroxylation is 1. The standard InChI is InChI=1S/C16H20N4O4/c1-10-8-11(21)6-7-14(10)24-9-12-13(20(18)16(22)19-17)4-3-5-15(12)23-2/h3-8,21H,9,17-18H2,1-2H3,(H,19,22). The number of ether oxygens (including phenoxy) is 2. The van der Waals surface area contributed by atoms with Gasteiger partial charge in [-0.05, 0) is 42.8 Å². The van der Waals surface area contributed by atoms with Gasteiger partial charge >= 0.3 is 6.03 Å². The van der Waals surface area contributed by atoms with E-state index in [4.69, 9.17) is 21.2 Å². The molecule has 2 rings (SSSR count). The first-order valence-electron chi connectivity index (χ1n) is 7.11. The van der Waals surface area contributed by atoms with Crippen LogP contribution in [0.25, 0.3) is 0 Å². The number of rotatable bonds is 5. The van der Waals surface area contributed by atoms with Crippen molar-refractivity contribution in [3.63, 3.8) is 0 Å². The zero-order valence-electron chi connectivity index (χ0n) is 13.4. The van der Waals surface area contributed by atoms with E-state index in [1.807, 2.05) is 12.3 Å². The number of aromatic hydroxyl groups is 1. The van der Waals surface area contributed by atoms with Crippen molar-refractivity contribution in [2.24, 2.45) is 11.7 Å². The fourth-order valence-electron chi connectivity index (χ4n) is 2.24. The molecular weight excluding hydrogens is 312 g/mol. The Labute approximate surface area is 139 Å². The third kappa shape index (κ3) is 3.67. The lowest BCUT2D eigenvalue weighted by Gasteiger charge is -2.21. The number of urea groups is 1. The van der Waals surface area contributed by atoms with Crippen LogP contribution < -0.4 is 31.6 Å². The highest BCUT2D eigenvalue weighted by Gasteiger charge is 2.18. The number of benzene rings is 2. The summed E-state index contributed by atoms with van der Waals surface area (Å²) < 4.78 is 11.1. The number of hydrazine groups is 2. The Balaban J connectivity index is 2.32. The molecule has 0 aliphatic rings. The van der Waals surface area contributed by atoms with Gasteiger partial charge in [-0.2, -0.15) is 0 Å². The number of phenols is 1. The van der Waals surface area contributed by atoms with Gasteiger partial charge in [-0.1, -0.05) is 6.07 Å². The van der Waals surface area contributed by atoms with Crippen molar-refractivity contribution in [2.45, 2.75) is 13.5 Å². The van der Waals surface area contributed by atoms with Crippen LogP contribution >= 0.6 is 0 Å². The van der Waals surface area contributed by atoms with Crippen LogP contribution in [-0.2, 0) is 6.61 Å². The van der Waals surface area contributed by atoms with Crippen molar-refractivity contribution in [1.82, 2.24) is 5.43 Å². The molecule has 0 unspecified atom stereocenters. The largest absolute Gasteiger partial charge is 0.508 e. The van der Waals surface area contributed by atoms with E-state index in [9.17, 15) is 9.90 Å². The summed E-state index contributed by atoms with van der Waals surface area (Å²) >= 11 is 0. The zero-order valence-corrected chi connectivity index (χ0v) is 13.4. The van der Waals surface area contributed by atoms with E-state index in [-0.39, 0.29) is 12.4 Å². The van der Waals surface area contributed by atoms with Crippen LogP contribution in [0.4, 0.5) is 10.5 Å². The Hall–Kier alpha value is -2.97. The van der Waals surface area contributed by atoms with Crippen molar-refractivity contribution < 1.29 is 19.4 Å². The molecule has 0 radical (unpaired) electrons. The predicted octanol–water partition coefficient (Wildman–Crippen LogP) is 1.55. The van der Waals surface area contributed by atoms with E-state index in [0.29, 0.717) is 22.7 Å². The molecule has 128 valence electrons. The van der Waals surface area contributed by atoms with Gasteiger partial charge in [-0.3, -0.25) is 5.43 Å². The number of methoxy groups -OCH3 is 1. The molecule has 0 aliphatic carbocycles. The first kappa shape index (κ1) is 17.4. The van der Waals surface area contributed by atoms with Crippen LogP contribution in [0.15, 0.2) is 36.4 Å². The fraction of sp³-hybridized carbons (Fsp3) is 0.188. The number of amides is 2. The normalized spacial score (nSPS) is 10.2. The maximum Gasteiger partial charge on any atom is 0.350 e. The summed E-state index contributed by atoms with van der Waals surface area (Å²) in [5.41, 5.74) is 3.72. The maximum absolute atomic E-state index is 11.7. The topological polar surface area (TPSA) is 123 Å². The van der Waals surface area contributed by atoms with Crippen LogP contribution in [0.1, 0.15) is 11.1 Å². The summed E-state index contributed by atoms with van der Waals surface area (Å²) in [6.07, 6.45) is 0. The molecule has 0 heterocycles. The Morgan fingerprint density at radius 3 is 2.67 bits per heavy atom. The lowest BCUT2D eigenvalue weighted by Crippen LogP contribution is -2.48. The Kier molecular flexibility index (Phi) is 5.46. The summed E-state index contributed by atoms with van der Waals surface area (Å²) in [5, 5.41) is 10.3. The molecule has 2 amide bonds. The molecule has 24 heavy (non-hydrogen) atoms. The third-order valence-electron chi connectivity index (χ3n) is 3.46. The van der Waals surface area contributed by atoms with Gasteiger partial charge in [0.25, 0.3) is 0 Å². The van der Waals surface area contributed by atoms with Crippen LogP contribution in [-0.4, -0.2) is 18.2 Å². The van der Waals surface area contributed by atoms with Gasteiger partial charge in [0.1, 0.15) is 23.9 Å². The minimum atomic E-state index is -0.676. The van der Waals surface area contributed by atoms with Crippen LogP contribution in [0.5, 0.6) is 17.2 Å². The molecule has 2 aromatic rings. The molecule has 2 aromatic carbocycles. The van der Waals surface area contributed by atoms with Gasteiger partial charge in [0.15, 0.2) is 0 Å². The molecule has 0 spiro atoms. The molecule has 0 fully saturated rings. The molecule has 0 saturated carbocycles. The molecule has 0 aliphatic heterocycles. The van der Waals surface area contributed by atoms with Crippen molar-refractivity contribution in [3.8, 4) is 17.2 Å². The molecule has 0 atom stereocenters.